The molecule has 0 bridgehead atoms. The van der Waals surface area contributed by atoms with Crippen LogP contribution in [0.15, 0.2) is 24.3 Å². The molecule has 0 saturated heterocycles. The van der Waals surface area contributed by atoms with Crippen LogP contribution in [0.25, 0.3) is 0 Å². The van der Waals surface area contributed by atoms with E-state index in [0.717, 1.165) is 25.7 Å². The number of allylic oxidation sites excluding steroid dienone is 4. The van der Waals surface area contributed by atoms with E-state index < -0.39 is 5.41 Å². The molecular formula is C41H80N2O2. The molecule has 0 aliphatic carbocycles. The third-order valence-electron chi connectivity index (χ3n) is 9.56. The monoisotopic (exact) mass is 633 g/mol. The Morgan fingerprint density at radius 3 is 1.18 bits per heavy atom. The molecular weight excluding hydrogens is 552 g/mol. The first-order valence-electron chi connectivity index (χ1n) is 19.5. The van der Waals surface area contributed by atoms with Gasteiger partial charge in [0.25, 0.3) is 0 Å². The number of ketones is 2. The van der Waals surface area contributed by atoms with Crippen LogP contribution < -0.4 is 11.9 Å². The molecule has 0 saturated carbocycles. The van der Waals surface area contributed by atoms with Crippen molar-refractivity contribution < 1.29 is 9.59 Å². The first-order chi connectivity index (χ1) is 21.4. The maximum Gasteiger partial charge on any atom is 0.139 e. The smallest absolute Gasteiger partial charge is 0.139 e. The predicted octanol–water partition coefficient (Wildman–Crippen LogP) is 13.0. The Morgan fingerprint density at radius 2 is 0.822 bits per heavy atom. The quantitative estimate of drug-likeness (QED) is 0.0545. The highest BCUT2D eigenvalue weighted by Crippen LogP contribution is 2.32. The average molecular weight is 633 g/mol. The number of hydrogen-bond donors (Lipinski definition) is 2. The molecule has 4 nitrogen and oxygen atoms in total. The van der Waals surface area contributed by atoms with Crippen molar-refractivity contribution in [2.75, 3.05) is 6.54 Å². The van der Waals surface area contributed by atoms with Crippen molar-refractivity contribution >= 4 is 11.6 Å². The fourth-order valence-electron chi connectivity index (χ4n) is 6.25. The minimum absolute atomic E-state index is 0. The van der Waals surface area contributed by atoms with Crippen LogP contribution >= 0.6 is 0 Å². The second-order valence-corrected chi connectivity index (χ2v) is 14.1. The standard InChI is InChI=1S/C41H77NO2.H3N/c1-5-7-9-11-13-15-17-19-21-23-25-27-29-31-33-35-39(43)38(37-42)41(3,4)40(44)36-34-32-30-28-26-24-22-20-18-16-14-12-10-8-6-2;/h19-22,38H,5-18,23-37,42H2,1-4H3;1H3/b21-19-,22-20-;. The molecule has 0 aliphatic heterocycles. The Morgan fingerprint density at radius 1 is 0.511 bits per heavy atom. The van der Waals surface area contributed by atoms with Gasteiger partial charge in [0.1, 0.15) is 11.6 Å². The number of rotatable bonds is 34. The van der Waals surface area contributed by atoms with Crippen molar-refractivity contribution in [1.29, 1.82) is 0 Å². The first kappa shape index (κ1) is 45.9. The Hall–Kier alpha value is -1.26. The molecule has 0 heterocycles. The lowest BCUT2D eigenvalue weighted by Gasteiger charge is -2.31. The second-order valence-electron chi connectivity index (χ2n) is 14.1. The van der Waals surface area contributed by atoms with Gasteiger partial charge in [-0.2, -0.15) is 0 Å². The van der Waals surface area contributed by atoms with E-state index in [1.54, 1.807) is 0 Å². The first-order valence-corrected chi connectivity index (χ1v) is 19.5. The van der Waals surface area contributed by atoms with E-state index in [1.807, 2.05) is 13.8 Å². The molecule has 0 spiro atoms. The zero-order chi connectivity index (χ0) is 32.6. The number of carbonyl (C=O) groups is 2. The van der Waals surface area contributed by atoms with Crippen molar-refractivity contribution in [3.05, 3.63) is 24.3 Å². The Labute approximate surface area is 282 Å². The van der Waals surface area contributed by atoms with Crippen molar-refractivity contribution in [2.45, 2.75) is 207 Å². The number of unbranched alkanes of at least 4 members (excludes halogenated alkanes) is 22. The Bertz CT molecular complexity index is 712. The van der Waals surface area contributed by atoms with Crippen LogP contribution in [0.1, 0.15) is 207 Å². The molecule has 0 amide bonds. The van der Waals surface area contributed by atoms with Gasteiger partial charge in [0.15, 0.2) is 0 Å². The molecule has 5 N–H and O–H groups in total. The molecule has 0 rings (SSSR count). The topological polar surface area (TPSA) is 95.2 Å². The van der Waals surface area contributed by atoms with Gasteiger partial charge in [-0.15, -0.1) is 0 Å². The molecule has 0 aromatic carbocycles. The fraction of sp³-hybridized carbons (Fsp3) is 0.854. The highest BCUT2D eigenvalue weighted by Gasteiger charge is 2.38. The molecule has 0 aliphatic rings. The van der Waals surface area contributed by atoms with Gasteiger partial charge in [0.05, 0.1) is 0 Å². The van der Waals surface area contributed by atoms with Gasteiger partial charge in [-0.05, 0) is 64.2 Å². The average Bonchev–Trinajstić information content (AvgIpc) is 3.01. The summed E-state index contributed by atoms with van der Waals surface area (Å²) in [5.41, 5.74) is 5.40. The Kier molecular flexibility index (Phi) is 34.7. The van der Waals surface area contributed by atoms with Gasteiger partial charge in [0.2, 0.25) is 0 Å². The summed E-state index contributed by atoms with van der Waals surface area (Å²) in [5.74, 6) is 0.0476. The largest absolute Gasteiger partial charge is 0.344 e. The summed E-state index contributed by atoms with van der Waals surface area (Å²) in [6.07, 6.45) is 43.1. The van der Waals surface area contributed by atoms with Crippen LogP contribution in [-0.2, 0) is 9.59 Å². The lowest BCUT2D eigenvalue weighted by Crippen LogP contribution is -2.42. The molecule has 0 fully saturated rings. The maximum absolute atomic E-state index is 13.1. The molecule has 1 atom stereocenters. The fourth-order valence-corrected chi connectivity index (χ4v) is 6.25. The lowest BCUT2D eigenvalue weighted by atomic mass is 9.71. The van der Waals surface area contributed by atoms with Crippen molar-refractivity contribution in [3.8, 4) is 0 Å². The molecule has 1 unspecified atom stereocenters. The predicted molar refractivity (Wildman–Crippen MR) is 200 cm³/mol. The van der Waals surface area contributed by atoms with Crippen molar-refractivity contribution in [3.63, 3.8) is 0 Å². The van der Waals surface area contributed by atoms with E-state index >= 15 is 0 Å². The SMILES string of the molecule is CCCCCCCC/C=C\CCCCCCCC(=O)C(CN)C(C)(C)C(=O)CCCCCCC/C=C\CCCCCCCC.N. The molecule has 45 heavy (non-hydrogen) atoms. The molecule has 266 valence electrons. The van der Waals surface area contributed by atoms with Crippen LogP contribution in [0.3, 0.4) is 0 Å². The number of nitrogens with two attached hydrogens (primary N) is 1. The minimum atomic E-state index is -0.658. The highest BCUT2D eigenvalue weighted by atomic mass is 16.1. The summed E-state index contributed by atoms with van der Waals surface area (Å²) in [4.78, 5) is 26.1. The Balaban J connectivity index is 0. The van der Waals surface area contributed by atoms with Gasteiger partial charge < -0.3 is 11.9 Å². The van der Waals surface area contributed by atoms with Gasteiger partial charge in [-0.25, -0.2) is 0 Å². The van der Waals surface area contributed by atoms with E-state index in [1.165, 1.54) is 141 Å². The molecule has 0 aromatic rings. The van der Waals surface area contributed by atoms with Crippen molar-refractivity contribution in [1.82, 2.24) is 6.15 Å². The van der Waals surface area contributed by atoms with Gasteiger partial charge >= 0.3 is 0 Å². The summed E-state index contributed by atoms with van der Waals surface area (Å²) in [6, 6.07) is 0. The van der Waals surface area contributed by atoms with Gasteiger partial charge in [0, 0.05) is 30.7 Å². The van der Waals surface area contributed by atoms with E-state index in [-0.39, 0.29) is 30.2 Å². The van der Waals surface area contributed by atoms with Gasteiger partial charge in [-0.1, -0.05) is 155 Å². The minimum Gasteiger partial charge on any atom is -0.344 e. The van der Waals surface area contributed by atoms with E-state index in [0.29, 0.717) is 12.8 Å². The summed E-state index contributed by atoms with van der Waals surface area (Å²) in [6.45, 7) is 8.71. The normalized spacial score (nSPS) is 12.6. The van der Waals surface area contributed by atoms with Crippen molar-refractivity contribution in [2.24, 2.45) is 17.1 Å². The zero-order valence-corrected chi connectivity index (χ0v) is 31.0. The van der Waals surface area contributed by atoms with E-state index in [9.17, 15) is 9.59 Å². The van der Waals surface area contributed by atoms with Crippen LogP contribution in [-0.4, -0.2) is 18.1 Å². The molecule has 0 radical (unpaired) electrons. The number of Topliss-reactive ketones (excluding diaryl/α,β-unsaturated/α-hetero) is 2. The molecule has 0 aromatic heterocycles. The number of hydrogen-bond acceptors (Lipinski definition) is 4. The maximum atomic E-state index is 13.1. The summed E-state index contributed by atoms with van der Waals surface area (Å²) >= 11 is 0. The zero-order valence-electron chi connectivity index (χ0n) is 31.0. The van der Waals surface area contributed by atoms with E-state index in [4.69, 9.17) is 5.73 Å². The van der Waals surface area contributed by atoms with Crippen LogP contribution in [0.2, 0.25) is 0 Å². The summed E-state index contributed by atoms with van der Waals surface area (Å²) in [5, 5.41) is 0. The van der Waals surface area contributed by atoms with E-state index in [2.05, 4.69) is 38.2 Å². The molecule has 4 heteroatoms. The van der Waals surface area contributed by atoms with Crippen LogP contribution in [0, 0.1) is 11.3 Å². The summed E-state index contributed by atoms with van der Waals surface area (Å²) < 4.78 is 0. The lowest BCUT2D eigenvalue weighted by molar-refractivity contribution is -0.137. The number of carbonyl (C=O) groups excluding carboxylic acids is 2. The third kappa shape index (κ3) is 27.6. The van der Waals surface area contributed by atoms with Crippen LogP contribution in [0.4, 0.5) is 0 Å². The van der Waals surface area contributed by atoms with Crippen LogP contribution in [0.5, 0.6) is 0 Å². The summed E-state index contributed by atoms with van der Waals surface area (Å²) in [7, 11) is 0. The second kappa shape index (κ2) is 34.1. The third-order valence-corrected chi connectivity index (χ3v) is 9.56. The van der Waals surface area contributed by atoms with Gasteiger partial charge in [-0.3, -0.25) is 9.59 Å². The highest BCUT2D eigenvalue weighted by molar-refractivity contribution is 5.92.